The molecule has 182 valence electrons. The summed E-state index contributed by atoms with van der Waals surface area (Å²) >= 11 is 0. The highest BCUT2D eigenvalue weighted by molar-refractivity contribution is 7.92. The van der Waals surface area contributed by atoms with E-state index in [1.807, 2.05) is 0 Å². The first-order valence-corrected chi connectivity index (χ1v) is 12.0. The maximum atomic E-state index is 13.4. The van der Waals surface area contributed by atoms with Crippen LogP contribution in [0.25, 0.3) is 11.0 Å². The molecule has 0 spiro atoms. The van der Waals surface area contributed by atoms with E-state index >= 15 is 0 Å². The molecule has 4 aromatic rings. The van der Waals surface area contributed by atoms with Gasteiger partial charge in [0.05, 0.1) is 10.5 Å². The summed E-state index contributed by atoms with van der Waals surface area (Å²) in [5.41, 5.74) is 0.158. The number of alkyl halides is 3. The minimum Gasteiger partial charge on any atom is -0.423 e. The van der Waals surface area contributed by atoms with Gasteiger partial charge in [-0.2, -0.15) is 13.2 Å². The highest BCUT2D eigenvalue weighted by atomic mass is 32.2. The van der Waals surface area contributed by atoms with E-state index in [1.165, 1.54) is 24.3 Å². The summed E-state index contributed by atoms with van der Waals surface area (Å²) in [5.74, 6) is 0. The largest absolute Gasteiger partial charge is 0.423 e. The Hall–Kier alpha value is -3.63. The molecular weight excluding hydrogens is 483 g/mol. The number of hydrogen-bond acceptors (Lipinski definition) is 5. The molecule has 1 heterocycles. The second kappa shape index (κ2) is 9.55. The topological polar surface area (TPSA) is 96.6 Å². The second-order valence-corrected chi connectivity index (χ2v) is 9.59. The molecule has 35 heavy (non-hydrogen) atoms. The van der Waals surface area contributed by atoms with E-state index in [1.54, 1.807) is 42.5 Å². The number of aliphatic hydroxyl groups is 1. The molecule has 0 radical (unpaired) electrons. The molecule has 1 aromatic heterocycles. The summed E-state index contributed by atoms with van der Waals surface area (Å²) in [4.78, 5) is 11.5. The number of anilines is 1. The summed E-state index contributed by atoms with van der Waals surface area (Å²) in [6.07, 6.45) is -4.00. The van der Waals surface area contributed by atoms with Crippen LogP contribution in [0.2, 0.25) is 0 Å². The van der Waals surface area contributed by atoms with Crippen LogP contribution < -0.4 is 10.3 Å². The van der Waals surface area contributed by atoms with Gasteiger partial charge >= 0.3 is 11.8 Å². The van der Waals surface area contributed by atoms with E-state index < -0.39 is 27.4 Å². The van der Waals surface area contributed by atoms with Crippen LogP contribution in [0.1, 0.15) is 22.3 Å². The first-order valence-electron chi connectivity index (χ1n) is 10.5. The molecule has 6 nitrogen and oxygen atoms in total. The maximum absolute atomic E-state index is 13.4. The van der Waals surface area contributed by atoms with Gasteiger partial charge in [0.2, 0.25) is 0 Å². The predicted octanol–water partition coefficient (Wildman–Crippen LogP) is 4.74. The Balaban J connectivity index is 1.54. The van der Waals surface area contributed by atoms with Gasteiger partial charge in [0.1, 0.15) is 5.58 Å². The monoisotopic (exact) mass is 503 g/mol. The number of halogens is 3. The lowest BCUT2D eigenvalue weighted by molar-refractivity contribution is -0.136. The normalized spacial score (nSPS) is 12.1. The van der Waals surface area contributed by atoms with Crippen LogP contribution in [0.5, 0.6) is 0 Å². The molecule has 0 amide bonds. The SMILES string of the molecule is O=c1cc(C(F)(F)F)c2cc(Cc3ccc(S(=O)(=O)Nc4ccc(CCO)cc4)cc3)ccc2o1. The van der Waals surface area contributed by atoms with Gasteiger partial charge in [0.25, 0.3) is 10.0 Å². The van der Waals surface area contributed by atoms with Crippen molar-refractivity contribution < 1.29 is 31.1 Å². The van der Waals surface area contributed by atoms with Gasteiger partial charge in [0, 0.05) is 23.7 Å². The molecular formula is C25H20F3NO5S. The summed E-state index contributed by atoms with van der Waals surface area (Å²) in [7, 11) is -3.85. The Morgan fingerprint density at radius 3 is 2.11 bits per heavy atom. The van der Waals surface area contributed by atoms with Crippen molar-refractivity contribution >= 4 is 26.7 Å². The molecule has 0 aliphatic rings. The van der Waals surface area contributed by atoms with Gasteiger partial charge in [0.15, 0.2) is 0 Å². The minimum absolute atomic E-state index is 0.00345. The molecule has 0 saturated carbocycles. The second-order valence-electron chi connectivity index (χ2n) is 7.90. The average molecular weight is 503 g/mol. The van der Waals surface area contributed by atoms with Gasteiger partial charge in [-0.25, -0.2) is 13.2 Å². The summed E-state index contributed by atoms with van der Waals surface area (Å²) in [6.45, 7) is -0.00345. The Kier molecular flexibility index (Phi) is 6.68. The lowest BCUT2D eigenvalue weighted by atomic mass is 10.0. The van der Waals surface area contributed by atoms with Crippen molar-refractivity contribution in [2.75, 3.05) is 11.3 Å². The first kappa shape index (κ1) is 24.5. The van der Waals surface area contributed by atoms with E-state index in [4.69, 9.17) is 9.52 Å². The number of sulfonamides is 1. The number of benzene rings is 3. The molecule has 0 unspecified atom stereocenters. The Morgan fingerprint density at radius 1 is 0.857 bits per heavy atom. The van der Waals surface area contributed by atoms with Crippen LogP contribution in [0.15, 0.2) is 86.9 Å². The molecule has 0 aliphatic heterocycles. The van der Waals surface area contributed by atoms with Crippen molar-refractivity contribution in [2.24, 2.45) is 0 Å². The fourth-order valence-electron chi connectivity index (χ4n) is 3.66. The van der Waals surface area contributed by atoms with E-state index in [0.29, 0.717) is 29.3 Å². The fourth-order valence-corrected chi connectivity index (χ4v) is 4.72. The predicted molar refractivity (Wildman–Crippen MR) is 125 cm³/mol. The van der Waals surface area contributed by atoms with Crippen molar-refractivity contribution in [3.63, 3.8) is 0 Å². The summed E-state index contributed by atoms with van der Waals surface area (Å²) in [6, 6.07) is 17.3. The van der Waals surface area contributed by atoms with Gasteiger partial charge < -0.3 is 9.52 Å². The molecule has 0 atom stereocenters. The number of nitrogens with one attached hydrogen (secondary N) is 1. The van der Waals surface area contributed by atoms with Crippen LogP contribution >= 0.6 is 0 Å². The van der Waals surface area contributed by atoms with Crippen molar-refractivity contribution in [1.82, 2.24) is 0 Å². The lowest BCUT2D eigenvalue weighted by Crippen LogP contribution is -2.13. The van der Waals surface area contributed by atoms with E-state index in [9.17, 15) is 26.4 Å². The molecule has 2 N–H and O–H groups in total. The molecule has 0 aliphatic carbocycles. The third-order valence-electron chi connectivity index (χ3n) is 5.36. The van der Waals surface area contributed by atoms with E-state index in [0.717, 1.165) is 5.56 Å². The quantitative estimate of drug-likeness (QED) is 0.355. The van der Waals surface area contributed by atoms with Gasteiger partial charge in [-0.15, -0.1) is 0 Å². The Labute approximate surface area is 198 Å². The standard InChI is InChI=1S/C25H20F3NO5S/c26-25(27,28)22-15-24(31)34-23-10-5-18(14-21(22)23)13-17-3-8-20(9-4-17)35(32,33)29-19-6-1-16(2-7-19)11-12-30/h1-10,14-15,29-30H,11-13H2. The van der Waals surface area contributed by atoms with Crippen LogP contribution in [0.3, 0.4) is 0 Å². The summed E-state index contributed by atoms with van der Waals surface area (Å²) < 4.78 is 72.9. The number of rotatable bonds is 7. The fraction of sp³-hybridized carbons (Fsp3) is 0.160. The number of fused-ring (bicyclic) bond motifs is 1. The van der Waals surface area contributed by atoms with Crippen LogP contribution in [0, 0.1) is 0 Å². The molecule has 0 saturated heterocycles. The number of hydrogen-bond donors (Lipinski definition) is 2. The van der Waals surface area contributed by atoms with Crippen molar-refractivity contribution in [2.45, 2.75) is 23.9 Å². The van der Waals surface area contributed by atoms with E-state index in [-0.39, 0.29) is 28.9 Å². The zero-order chi connectivity index (χ0) is 25.2. The lowest BCUT2D eigenvalue weighted by Gasteiger charge is -2.11. The van der Waals surface area contributed by atoms with Crippen LogP contribution in [-0.4, -0.2) is 20.1 Å². The Morgan fingerprint density at radius 2 is 1.49 bits per heavy atom. The molecule has 0 bridgehead atoms. The Bertz CT molecular complexity index is 1510. The van der Waals surface area contributed by atoms with Gasteiger partial charge in [-0.1, -0.05) is 30.3 Å². The molecule has 0 fully saturated rings. The molecule has 3 aromatic carbocycles. The smallest absolute Gasteiger partial charge is 0.417 e. The molecule has 4 rings (SSSR count). The maximum Gasteiger partial charge on any atom is 0.417 e. The first-order chi connectivity index (χ1) is 16.5. The van der Waals surface area contributed by atoms with Crippen LogP contribution in [0.4, 0.5) is 18.9 Å². The molecule has 10 heteroatoms. The average Bonchev–Trinajstić information content (AvgIpc) is 2.80. The van der Waals surface area contributed by atoms with Gasteiger partial charge in [-0.3, -0.25) is 4.72 Å². The third kappa shape index (κ3) is 5.72. The number of aliphatic hydroxyl groups excluding tert-OH is 1. The van der Waals surface area contributed by atoms with Crippen molar-refractivity contribution in [3.8, 4) is 0 Å². The highest BCUT2D eigenvalue weighted by Crippen LogP contribution is 2.34. The van der Waals surface area contributed by atoms with Crippen LogP contribution in [-0.2, 0) is 29.0 Å². The van der Waals surface area contributed by atoms with Crippen molar-refractivity contribution in [3.05, 3.63) is 105 Å². The van der Waals surface area contributed by atoms with E-state index in [2.05, 4.69) is 4.72 Å². The van der Waals surface area contributed by atoms with Crippen molar-refractivity contribution in [1.29, 1.82) is 0 Å². The zero-order valence-electron chi connectivity index (χ0n) is 18.2. The third-order valence-corrected chi connectivity index (χ3v) is 6.76. The minimum atomic E-state index is -4.71. The summed E-state index contributed by atoms with van der Waals surface area (Å²) in [5, 5.41) is 8.75. The van der Waals surface area contributed by atoms with Gasteiger partial charge in [-0.05, 0) is 65.9 Å². The zero-order valence-corrected chi connectivity index (χ0v) is 19.0. The highest BCUT2D eigenvalue weighted by Gasteiger charge is 2.33.